The Hall–Kier alpha value is -4.93. The molecule has 0 radical (unpaired) electrons. The number of halogens is 2. The summed E-state index contributed by atoms with van der Waals surface area (Å²) < 4.78 is 87.7. The van der Waals surface area contributed by atoms with Gasteiger partial charge in [-0.05, 0) is 159 Å². The highest BCUT2D eigenvalue weighted by Crippen LogP contribution is 2.62. The SMILES string of the molecule is C=C(Cc1ccc2c(c1)[SiH](c1ccc(OC)c(C(CC(=O)OC3(C)C4CC5CC(C4)CC3C5)C(=O)OCC(=O)OC(C)C34CC5CC(CC(C5)C3)C4)c1)c1ccccc1-2)C(=O)OCC(F)(F)S(=O)(=O)O. The van der Waals surface area contributed by atoms with Crippen LogP contribution in [0.4, 0.5) is 8.78 Å². The first-order valence-electron chi connectivity index (χ1n) is 24.9. The number of methoxy groups -OCH3 is 1. The highest BCUT2D eigenvalue weighted by atomic mass is 32.2. The first-order chi connectivity index (χ1) is 33.2. The fourth-order valence-corrected chi connectivity index (χ4v) is 18.6. The molecule has 3 aromatic rings. The van der Waals surface area contributed by atoms with Crippen LogP contribution in [0, 0.1) is 46.8 Å². The monoisotopic (exact) mass is 1000 g/mol. The van der Waals surface area contributed by atoms with Crippen LogP contribution >= 0.6 is 0 Å². The van der Waals surface area contributed by atoms with Crippen LogP contribution in [0.5, 0.6) is 5.75 Å². The number of carbonyl (C=O) groups excluding carboxylic acids is 4. The lowest BCUT2D eigenvalue weighted by atomic mass is 9.48. The van der Waals surface area contributed by atoms with Crippen molar-refractivity contribution in [1.82, 2.24) is 0 Å². The van der Waals surface area contributed by atoms with Crippen LogP contribution in [-0.2, 0) is 54.7 Å². The first kappa shape index (κ1) is 48.7. The Morgan fingerprint density at radius 3 is 2.06 bits per heavy atom. The minimum absolute atomic E-state index is 0.0567. The number of alkyl halides is 2. The largest absolute Gasteiger partial charge is 0.496 e. The van der Waals surface area contributed by atoms with Gasteiger partial charge in [-0.3, -0.25) is 14.1 Å². The van der Waals surface area contributed by atoms with Gasteiger partial charge in [-0.25, -0.2) is 9.59 Å². The van der Waals surface area contributed by atoms with Crippen LogP contribution < -0.4 is 20.3 Å². The summed E-state index contributed by atoms with van der Waals surface area (Å²) >= 11 is 0. The lowest BCUT2D eigenvalue weighted by Crippen LogP contribution is -2.58. The Kier molecular flexibility index (Phi) is 12.7. The third-order valence-electron chi connectivity index (χ3n) is 17.7. The number of hydrogen-bond donors (Lipinski definition) is 1. The maximum atomic E-state index is 14.6. The number of esters is 4. The molecular weight excluding hydrogens is 939 g/mol. The summed E-state index contributed by atoms with van der Waals surface area (Å²) in [6.07, 6.45) is 11.4. The number of carbonyl (C=O) groups is 4. The average Bonchev–Trinajstić information content (AvgIpc) is 3.63. The van der Waals surface area contributed by atoms with E-state index >= 15 is 0 Å². The van der Waals surface area contributed by atoms with Crippen LogP contribution in [0.15, 0.2) is 72.8 Å². The molecule has 0 saturated heterocycles. The Bertz CT molecular complexity index is 2670. The van der Waals surface area contributed by atoms with Crippen molar-refractivity contribution in [2.45, 2.75) is 120 Å². The standard InChI is InChI=1S/C54H62F2O12SSi/c1-30(50(59)66-29-54(55,56)69(61,62)63)13-32-9-11-42-41-7-5-6-8-46(41)70(47(42)22-32)40-10-12-45(64-4)43(23-40)44(24-48(57)68-52(3)38-18-33-14-34(20-38)21-39(52)19-33)51(60)65-28-49(58)67-31(2)53-25-35-15-36(26-53)17-37(16-35)27-53/h5-12,22-23,31,33-39,44,70H,1,13-21,24-29H2,2-4H3,(H,61,62,63). The van der Waals surface area contributed by atoms with Gasteiger partial charge < -0.3 is 23.7 Å². The molecule has 374 valence electrons. The third kappa shape index (κ3) is 9.03. The van der Waals surface area contributed by atoms with Crippen LogP contribution in [0.1, 0.15) is 108 Å². The molecule has 1 N–H and O–H groups in total. The summed E-state index contributed by atoms with van der Waals surface area (Å²) in [4.78, 5) is 55.4. The Morgan fingerprint density at radius 1 is 0.814 bits per heavy atom. The topological polar surface area (TPSA) is 169 Å². The fourth-order valence-electron chi connectivity index (χ4n) is 14.9. The van der Waals surface area contributed by atoms with E-state index in [9.17, 15) is 36.4 Å². The van der Waals surface area contributed by atoms with Crippen LogP contribution in [-0.4, -0.2) is 82.9 Å². The highest BCUT2D eigenvalue weighted by Gasteiger charge is 2.58. The predicted molar refractivity (Wildman–Crippen MR) is 257 cm³/mol. The fraction of sp³-hybridized carbons (Fsp3) is 0.556. The second-order valence-corrected chi connectivity index (χ2v) is 26.5. The Labute approximate surface area is 409 Å². The van der Waals surface area contributed by atoms with Crippen molar-refractivity contribution in [3.8, 4) is 16.9 Å². The molecule has 12 rings (SSSR count). The molecule has 8 bridgehead atoms. The van der Waals surface area contributed by atoms with E-state index in [0.29, 0.717) is 46.5 Å². The molecule has 0 amide bonds. The lowest BCUT2D eigenvalue weighted by molar-refractivity contribution is -0.204. The third-order valence-corrected chi connectivity index (χ3v) is 21.9. The van der Waals surface area contributed by atoms with Crippen LogP contribution in [0.25, 0.3) is 11.1 Å². The van der Waals surface area contributed by atoms with Crippen molar-refractivity contribution >= 4 is 58.4 Å². The van der Waals surface area contributed by atoms with Gasteiger partial charge in [0.15, 0.2) is 13.2 Å². The number of benzene rings is 3. The zero-order chi connectivity index (χ0) is 49.5. The summed E-state index contributed by atoms with van der Waals surface area (Å²) in [7, 11) is -6.75. The summed E-state index contributed by atoms with van der Waals surface area (Å²) in [5.74, 6) is -0.255. The van der Waals surface area contributed by atoms with E-state index in [1.807, 2.05) is 55.5 Å². The van der Waals surface area contributed by atoms with Gasteiger partial charge in [-0.2, -0.15) is 17.2 Å². The molecule has 70 heavy (non-hydrogen) atoms. The van der Waals surface area contributed by atoms with Crippen LogP contribution in [0.2, 0.25) is 0 Å². The maximum absolute atomic E-state index is 14.6. The predicted octanol–water partition coefficient (Wildman–Crippen LogP) is 6.97. The second-order valence-electron chi connectivity index (χ2n) is 22.2. The van der Waals surface area contributed by atoms with Gasteiger partial charge in [0.2, 0.25) is 0 Å². The molecule has 1 aliphatic heterocycles. The summed E-state index contributed by atoms with van der Waals surface area (Å²) in [6, 6.07) is 19.2. The van der Waals surface area contributed by atoms with Crippen molar-refractivity contribution in [3.05, 3.63) is 83.9 Å². The average molecular weight is 1000 g/mol. The van der Waals surface area contributed by atoms with Crippen molar-refractivity contribution in [1.29, 1.82) is 0 Å². The van der Waals surface area contributed by atoms with E-state index in [4.69, 9.17) is 23.5 Å². The molecule has 12 nitrogen and oxygen atoms in total. The zero-order valence-corrected chi connectivity index (χ0v) is 41.9. The van der Waals surface area contributed by atoms with Gasteiger partial charge in [0.05, 0.1) is 19.4 Å². The van der Waals surface area contributed by atoms with E-state index in [0.717, 1.165) is 71.6 Å². The Balaban J connectivity index is 0.924. The molecule has 8 saturated carbocycles. The minimum atomic E-state index is -5.81. The van der Waals surface area contributed by atoms with Crippen molar-refractivity contribution in [2.24, 2.45) is 46.8 Å². The molecule has 9 aliphatic rings. The first-order valence-corrected chi connectivity index (χ1v) is 28.1. The van der Waals surface area contributed by atoms with E-state index in [-0.39, 0.29) is 41.8 Å². The summed E-state index contributed by atoms with van der Waals surface area (Å²) in [5.41, 5.74) is 2.02. The molecule has 3 unspecified atom stereocenters. The van der Waals surface area contributed by atoms with E-state index < -0.39 is 72.8 Å². The molecule has 0 aromatic heterocycles. The summed E-state index contributed by atoms with van der Waals surface area (Å²) in [6.45, 7) is 5.25. The van der Waals surface area contributed by atoms with Gasteiger partial charge in [0.25, 0.3) is 0 Å². The smallest absolute Gasteiger partial charge is 0.402 e. The van der Waals surface area contributed by atoms with E-state index in [2.05, 4.69) is 18.2 Å². The number of rotatable bonds is 17. The van der Waals surface area contributed by atoms with Gasteiger partial charge in [-0.15, -0.1) is 0 Å². The Morgan fingerprint density at radius 2 is 1.43 bits per heavy atom. The maximum Gasteiger partial charge on any atom is 0.402 e. The summed E-state index contributed by atoms with van der Waals surface area (Å²) in [5, 5.41) is -1.80. The van der Waals surface area contributed by atoms with E-state index in [1.54, 1.807) is 12.1 Å². The molecule has 8 aliphatic carbocycles. The molecule has 3 aromatic carbocycles. The van der Waals surface area contributed by atoms with Gasteiger partial charge in [0, 0.05) is 23.0 Å². The van der Waals surface area contributed by atoms with Crippen molar-refractivity contribution in [2.75, 3.05) is 20.3 Å². The van der Waals surface area contributed by atoms with Gasteiger partial charge >= 0.3 is 39.2 Å². The number of ether oxygens (including phenoxy) is 5. The number of fused-ring (bicyclic) bond motifs is 3. The number of hydrogen-bond acceptors (Lipinski definition) is 11. The van der Waals surface area contributed by atoms with Crippen molar-refractivity contribution < 1.29 is 64.6 Å². The molecule has 16 heteroatoms. The van der Waals surface area contributed by atoms with Gasteiger partial charge in [-0.1, -0.05) is 66.4 Å². The molecule has 1 heterocycles. The quantitative estimate of drug-likeness (QED) is 0.0380. The molecular formula is C54H62F2O12SSi. The van der Waals surface area contributed by atoms with Crippen molar-refractivity contribution in [3.63, 3.8) is 0 Å². The molecule has 3 atom stereocenters. The van der Waals surface area contributed by atoms with Gasteiger partial charge in [0.1, 0.15) is 26.3 Å². The van der Waals surface area contributed by atoms with E-state index in [1.165, 1.54) is 32.8 Å². The molecule has 8 fully saturated rings. The zero-order valence-electron chi connectivity index (χ0n) is 40.0. The highest BCUT2D eigenvalue weighted by molar-refractivity contribution is 7.86. The normalized spacial score (nSPS) is 30.7. The minimum Gasteiger partial charge on any atom is -0.496 e. The lowest BCUT2D eigenvalue weighted by Gasteiger charge is -2.59. The van der Waals surface area contributed by atoms with Crippen LogP contribution in [0.3, 0.4) is 0 Å². The molecule has 0 spiro atoms. The second kappa shape index (κ2) is 18.3.